The van der Waals surface area contributed by atoms with Gasteiger partial charge >= 0.3 is 0 Å². The zero-order chi connectivity index (χ0) is 17.0. The number of nitrogens with zero attached hydrogens (tertiary/aromatic N) is 4. The summed E-state index contributed by atoms with van der Waals surface area (Å²) in [6, 6.07) is 20.1. The molecule has 4 nitrogen and oxygen atoms in total. The highest BCUT2D eigenvalue weighted by molar-refractivity contribution is 5.51. The largest absolute Gasteiger partial charge is 0.364 e. The lowest BCUT2D eigenvalue weighted by atomic mass is 10.2. The van der Waals surface area contributed by atoms with Crippen LogP contribution in [0.4, 0.5) is 5.69 Å². The van der Waals surface area contributed by atoms with Crippen LogP contribution >= 0.6 is 0 Å². The van der Waals surface area contributed by atoms with Gasteiger partial charge in [-0.15, -0.1) is 0 Å². The van der Waals surface area contributed by atoms with E-state index in [4.69, 9.17) is 5.53 Å². The van der Waals surface area contributed by atoms with Crippen LogP contribution in [0.25, 0.3) is 16.5 Å². The van der Waals surface area contributed by atoms with Gasteiger partial charge in [-0.25, -0.2) is 0 Å². The molecule has 0 aromatic heterocycles. The quantitative estimate of drug-likeness (QED) is 0.271. The first-order chi connectivity index (χ1) is 11.8. The maximum Gasteiger partial charge on any atom is 0.0452 e. The summed E-state index contributed by atoms with van der Waals surface area (Å²) in [4.78, 5) is 4.90. The van der Waals surface area contributed by atoms with Crippen LogP contribution in [0.15, 0.2) is 96.3 Å². The lowest BCUT2D eigenvalue weighted by molar-refractivity contribution is 0.910. The molecule has 0 heterocycles. The molecule has 2 aromatic rings. The highest BCUT2D eigenvalue weighted by Crippen LogP contribution is 2.15. The molecule has 0 unspecified atom stereocenters. The molecule has 0 spiro atoms. The number of hydrogen-bond acceptors (Lipinski definition) is 2. The fraction of sp³-hybridized carbons (Fsp3) is 0.100. The van der Waals surface area contributed by atoms with Gasteiger partial charge in [0.25, 0.3) is 0 Å². The van der Waals surface area contributed by atoms with Crippen molar-refractivity contribution in [2.24, 2.45) is 5.11 Å². The van der Waals surface area contributed by atoms with E-state index in [1.54, 1.807) is 0 Å². The summed E-state index contributed by atoms with van der Waals surface area (Å²) in [6.07, 6.45) is 8.15. The first kappa shape index (κ1) is 17.1. The van der Waals surface area contributed by atoms with Crippen LogP contribution in [0.3, 0.4) is 0 Å². The second-order valence-electron chi connectivity index (χ2n) is 5.17. The van der Waals surface area contributed by atoms with E-state index in [1.165, 1.54) is 5.56 Å². The van der Waals surface area contributed by atoms with Crippen molar-refractivity contribution in [3.05, 3.63) is 107 Å². The minimum absolute atomic E-state index is 0.487. The Bertz CT molecular complexity index is 742. The molecule has 2 aromatic carbocycles. The van der Waals surface area contributed by atoms with Gasteiger partial charge < -0.3 is 4.90 Å². The van der Waals surface area contributed by atoms with Gasteiger partial charge in [0.2, 0.25) is 0 Å². The first-order valence-corrected chi connectivity index (χ1v) is 7.71. The van der Waals surface area contributed by atoms with Crippen LogP contribution in [0.5, 0.6) is 0 Å². The van der Waals surface area contributed by atoms with Crippen molar-refractivity contribution in [1.82, 2.24) is 0 Å². The van der Waals surface area contributed by atoms with Gasteiger partial charge in [-0.3, -0.25) is 0 Å². The maximum atomic E-state index is 8.53. The summed E-state index contributed by atoms with van der Waals surface area (Å²) in [6.45, 7) is 4.98. The van der Waals surface area contributed by atoms with Crippen LogP contribution < -0.4 is 4.90 Å². The molecule has 0 fully saturated rings. The van der Waals surface area contributed by atoms with Gasteiger partial charge in [-0.2, -0.15) is 0 Å². The number of benzene rings is 2. The Balaban J connectivity index is 2.00. The van der Waals surface area contributed by atoms with Gasteiger partial charge in [0, 0.05) is 29.4 Å². The van der Waals surface area contributed by atoms with E-state index >= 15 is 0 Å². The molecular weight excluding hydrogens is 296 g/mol. The van der Waals surface area contributed by atoms with E-state index < -0.39 is 0 Å². The molecule has 0 amide bonds. The van der Waals surface area contributed by atoms with Gasteiger partial charge in [0.1, 0.15) is 0 Å². The van der Waals surface area contributed by atoms with E-state index in [0.717, 1.165) is 5.69 Å². The molecule has 0 saturated carbocycles. The average Bonchev–Trinajstić information content (AvgIpc) is 2.62. The normalized spacial score (nSPS) is 10.7. The van der Waals surface area contributed by atoms with Crippen LogP contribution in [-0.2, 0) is 0 Å². The summed E-state index contributed by atoms with van der Waals surface area (Å²) in [5, 5.41) is 3.58. The average molecular weight is 316 g/mol. The van der Waals surface area contributed by atoms with E-state index in [0.29, 0.717) is 18.8 Å². The van der Waals surface area contributed by atoms with E-state index in [1.807, 2.05) is 60.7 Å². The van der Waals surface area contributed by atoms with Crippen molar-refractivity contribution >= 4 is 11.8 Å². The van der Waals surface area contributed by atoms with Crippen molar-refractivity contribution in [2.45, 2.75) is 0 Å². The Labute approximate surface area is 142 Å². The van der Waals surface area contributed by atoms with Gasteiger partial charge in [0.05, 0.1) is 0 Å². The maximum absolute atomic E-state index is 8.53. The number of para-hydroxylation sites is 1. The van der Waals surface area contributed by atoms with Crippen LogP contribution in [0.1, 0.15) is 5.56 Å². The first-order valence-electron chi connectivity index (χ1n) is 7.71. The Morgan fingerprint density at radius 1 is 1.04 bits per heavy atom. The molecule has 2 rings (SSSR count). The van der Waals surface area contributed by atoms with Gasteiger partial charge in [-0.05, 0) is 23.2 Å². The molecule has 0 aliphatic heterocycles. The summed E-state index contributed by atoms with van der Waals surface area (Å²) in [5.74, 6) is 0. The number of allylic oxidation sites excluding steroid dienone is 2. The smallest absolute Gasteiger partial charge is 0.0452 e. The molecule has 0 saturated heterocycles. The predicted octanol–water partition coefficient (Wildman–Crippen LogP) is 5.59. The molecule has 0 N–H and O–H groups in total. The Hall–Kier alpha value is -3.23. The summed E-state index contributed by atoms with van der Waals surface area (Å²) >= 11 is 0. The molecule has 0 bridgehead atoms. The minimum Gasteiger partial charge on any atom is -0.364 e. The predicted molar refractivity (Wildman–Crippen MR) is 102 cm³/mol. The number of anilines is 1. The Morgan fingerprint density at radius 3 is 2.38 bits per heavy atom. The van der Waals surface area contributed by atoms with E-state index in [2.05, 4.69) is 45.8 Å². The third kappa shape index (κ3) is 5.87. The minimum atomic E-state index is 0.487. The van der Waals surface area contributed by atoms with Gasteiger partial charge in [-0.1, -0.05) is 84.5 Å². The Kier molecular flexibility index (Phi) is 6.94. The van der Waals surface area contributed by atoms with Crippen molar-refractivity contribution in [3.63, 3.8) is 0 Å². The molecule has 120 valence electrons. The highest BCUT2D eigenvalue weighted by Gasteiger charge is 2.05. The van der Waals surface area contributed by atoms with Crippen molar-refractivity contribution in [1.29, 1.82) is 0 Å². The standard InChI is InChI=1S/C20H20N4/c1-18(22-23-21)17-24(20-14-8-3-9-15-20)16-10-4-7-13-19-11-5-2-6-12-19/h2-15H,1,16-17H2/b10-4+,13-7+. The SMILES string of the molecule is C=C(CN(C/C=C/C=C/c1ccccc1)c1ccccc1)N=[N+]=[N-]. The molecule has 0 atom stereocenters. The number of hydrogen-bond donors (Lipinski definition) is 0. The molecular formula is C20H20N4. The molecule has 0 radical (unpaired) electrons. The fourth-order valence-electron chi connectivity index (χ4n) is 2.21. The highest BCUT2D eigenvalue weighted by atomic mass is 15.2. The topological polar surface area (TPSA) is 52.0 Å². The zero-order valence-electron chi connectivity index (χ0n) is 13.5. The second-order valence-corrected chi connectivity index (χ2v) is 5.17. The molecule has 0 aliphatic rings. The monoisotopic (exact) mass is 316 g/mol. The number of rotatable bonds is 8. The van der Waals surface area contributed by atoms with Crippen LogP contribution in [0.2, 0.25) is 0 Å². The Morgan fingerprint density at radius 2 is 1.71 bits per heavy atom. The third-order valence-corrected chi connectivity index (χ3v) is 3.34. The van der Waals surface area contributed by atoms with Crippen molar-refractivity contribution in [2.75, 3.05) is 18.0 Å². The summed E-state index contributed by atoms with van der Waals surface area (Å²) in [5.41, 5.74) is 11.2. The van der Waals surface area contributed by atoms with Crippen LogP contribution in [0, 0.1) is 0 Å². The number of azide groups is 1. The molecule has 4 heteroatoms. The van der Waals surface area contributed by atoms with E-state index in [-0.39, 0.29) is 0 Å². The van der Waals surface area contributed by atoms with Gasteiger partial charge in [0.15, 0.2) is 0 Å². The van der Waals surface area contributed by atoms with Crippen molar-refractivity contribution in [3.8, 4) is 0 Å². The summed E-state index contributed by atoms with van der Waals surface area (Å²) in [7, 11) is 0. The molecule has 0 aliphatic carbocycles. The van der Waals surface area contributed by atoms with Crippen molar-refractivity contribution < 1.29 is 0 Å². The zero-order valence-corrected chi connectivity index (χ0v) is 13.5. The second kappa shape index (κ2) is 9.72. The lowest BCUT2D eigenvalue weighted by Crippen LogP contribution is -2.25. The van der Waals surface area contributed by atoms with E-state index in [9.17, 15) is 0 Å². The fourth-order valence-corrected chi connectivity index (χ4v) is 2.21. The third-order valence-electron chi connectivity index (χ3n) is 3.34. The lowest BCUT2D eigenvalue weighted by Gasteiger charge is -2.23. The summed E-state index contributed by atoms with van der Waals surface area (Å²) < 4.78 is 0. The molecule has 24 heavy (non-hydrogen) atoms. The van der Waals surface area contributed by atoms with Crippen LogP contribution in [-0.4, -0.2) is 13.1 Å².